The van der Waals surface area contributed by atoms with E-state index in [1.165, 1.54) is 4.90 Å². The number of ether oxygens (including phenoxy) is 1. The number of aliphatic hydroxyl groups is 1. The molecule has 6 nitrogen and oxygen atoms in total. The van der Waals surface area contributed by atoms with Crippen molar-refractivity contribution in [1.29, 1.82) is 0 Å². The van der Waals surface area contributed by atoms with E-state index in [1.807, 2.05) is 61.5 Å². The molecule has 0 aliphatic carbocycles. The highest BCUT2D eigenvalue weighted by Crippen LogP contribution is 2.43. The molecule has 1 atom stereocenters. The highest BCUT2D eigenvalue weighted by Gasteiger charge is 2.47. The Hall–Kier alpha value is -4.06. The SMILES string of the molecule is CCN(CC)c1ccc(N2C(=O)C(=O)/C(=C(\O)c3ccc(OC)c(C(C)(C)C)c3)C2c2cccc(C)c2)cc1. The molecule has 1 unspecified atom stereocenters. The van der Waals surface area contributed by atoms with Crippen LogP contribution < -0.4 is 14.5 Å². The third kappa shape index (κ3) is 5.29. The van der Waals surface area contributed by atoms with E-state index in [4.69, 9.17) is 4.74 Å². The number of carbonyl (C=O) groups is 2. The second-order valence-electron chi connectivity index (χ2n) is 10.9. The first-order valence-corrected chi connectivity index (χ1v) is 13.4. The van der Waals surface area contributed by atoms with Gasteiger partial charge in [0, 0.05) is 35.6 Å². The van der Waals surface area contributed by atoms with Gasteiger partial charge in [0.2, 0.25) is 0 Å². The zero-order valence-corrected chi connectivity index (χ0v) is 23.9. The summed E-state index contributed by atoms with van der Waals surface area (Å²) in [6.45, 7) is 14.1. The first kappa shape index (κ1) is 28.0. The number of hydrogen-bond acceptors (Lipinski definition) is 5. The van der Waals surface area contributed by atoms with Crippen molar-refractivity contribution in [2.75, 3.05) is 30.0 Å². The van der Waals surface area contributed by atoms with Gasteiger partial charge in [0.1, 0.15) is 11.5 Å². The molecule has 6 heteroatoms. The average Bonchev–Trinajstić information content (AvgIpc) is 3.18. The summed E-state index contributed by atoms with van der Waals surface area (Å²) in [6.07, 6.45) is 0. The van der Waals surface area contributed by atoms with E-state index >= 15 is 0 Å². The Kier molecular flexibility index (Phi) is 7.86. The fourth-order valence-electron chi connectivity index (χ4n) is 5.26. The largest absolute Gasteiger partial charge is 0.507 e. The Bertz CT molecular complexity index is 1410. The van der Waals surface area contributed by atoms with E-state index in [0.717, 1.165) is 35.5 Å². The smallest absolute Gasteiger partial charge is 0.300 e. The maximum Gasteiger partial charge on any atom is 0.300 e. The molecule has 3 aromatic carbocycles. The van der Waals surface area contributed by atoms with Crippen molar-refractivity contribution in [1.82, 2.24) is 0 Å². The number of aryl methyl sites for hydroxylation is 1. The van der Waals surface area contributed by atoms with Crippen molar-refractivity contribution < 1.29 is 19.4 Å². The van der Waals surface area contributed by atoms with Gasteiger partial charge in [-0.2, -0.15) is 0 Å². The maximum atomic E-state index is 13.6. The van der Waals surface area contributed by atoms with Crippen LogP contribution in [0.4, 0.5) is 11.4 Å². The molecule has 0 radical (unpaired) electrons. The second-order valence-corrected chi connectivity index (χ2v) is 10.9. The van der Waals surface area contributed by atoms with Crippen molar-refractivity contribution in [3.63, 3.8) is 0 Å². The van der Waals surface area contributed by atoms with Gasteiger partial charge < -0.3 is 14.7 Å². The van der Waals surface area contributed by atoms with E-state index in [-0.39, 0.29) is 16.7 Å². The standard InChI is InChI=1S/C33H38N2O4/c1-8-34(9-2)24-14-16-25(17-15-24)35-29(22-12-10-11-21(3)19-22)28(31(37)32(35)38)30(36)23-13-18-27(39-7)26(20-23)33(4,5)6/h10-20,29,36H,8-9H2,1-7H3/b30-28-. The molecule has 4 rings (SSSR count). The number of carbonyl (C=O) groups excluding carboxylic acids is 2. The van der Waals surface area contributed by atoms with Gasteiger partial charge in [-0.3, -0.25) is 14.5 Å². The lowest BCUT2D eigenvalue weighted by atomic mass is 9.84. The Morgan fingerprint density at radius 3 is 2.21 bits per heavy atom. The van der Waals surface area contributed by atoms with Gasteiger partial charge in [-0.15, -0.1) is 0 Å². The summed E-state index contributed by atoms with van der Waals surface area (Å²) in [7, 11) is 1.61. The summed E-state index contributed by atoms with van der Waals surface area (Å²) in [4.78, 5) is 30.9. The zero-order chi connectivity index (χ0) is 28.5. The van der Waals surface area contributed by atoms with E-state index in [9.17, 15) is 14.7 Å². The van der Waals surface area contributed by atoms with Gasteiger partial charge >= 0.3 is 0 Å². The molecule has 0 saturated carbocycles. The van der Waals surface area contributed by atoms with Crippen molar-refractivity contribution in [3.05, 3.63) is 94.6 Å². The second kappa shape index (κ2) is 11.0. The summed E-state index contributed by atoms with van der Waals surface area (Å²) >= 11 is 0. The van der Waals surface area contributed by atoms with Crippen molar-refractivity contribution >= 4 is 28.8 Å². The third-order valence-electron chi connectivity index (χ3n) is 7.34. The molecule has 3 aromatic rings. The summed E-state index contributed by atoms with van der Waals surface area (Å²) in [5.74, 6) is -0.874. The first-order valence-electron chi connectivity index (χ1n) is 13.4. The topological polar surface area (TPSA) is 70.1 Å². The molecule has 0 aromatic heterocycles. The van der Waals surface area contributed by atoms with Crippen molar-refractivity contribution in [2.24, 2.45) is 0 Å². The van der Waals surface area contributed by atoms with Crippen LogP contribution >= 0.6 is 0 Å². The number of amides is 1. The summed E-state index contributed by atoms with van der Waals surface area (Å²) < 4.78 is 5.56. The number of aliphatic hydroxyl groups excluding tert-OH is 1. The normalized spacial score (nSPS) is 17.0. The van der Waals surface area contributed by atoms with Crippen LogP contribution in [0.5, 0.6) is 5.75 Å². The minimum Gasteiger partial charge on any atom is -0.507 e. The molecule has 1 saturated heterocycles. The molecule has 0 bridgehead atoms. The molecule has 1 aliphatic rings. The number of Topliss-reactive ketones (excluding diaryl/α,β-unsaturated/α-hetero) is 1. The highest BCUT2D eigenvalue weighted by atomic mass is 16.5. The fourth-order valence-corrected chi connectivity index (χ4v) is 5.26. The number of hydrogen-bond donors (Lipinski definition) is 1. The predicted octanol–water partition coefficient (Wildman–Crippen LogP) is 6.77. The Labute approximate surface area is 231 Å². The quantitative estimate of drug-likeness (QED) is 0.209. The summed E-state index contributed by atoms with van der Waals surface area (Å²) in [5, 5.41) is 11.6. The van der Waals surface area contributed by atoms with Crippen LogP contribution in [0.15, 0.2) is 72.3 Å². The van der Waals surface area contributed by atoms with Crippen LogP contribution in [-0.2, 0) is 15.0 Å². The molecule has 1 fully saturated rings. The fraction of sp³-hybridized carbons (Fsp3) is 0.333. The predicted molar refractivity (Wildman–Crippen MR) is 158 cm³/mol. The number of anilines is 2. The van der Waals surface area contributed by atoms with Gasteiger partial charge in [-0.1, -0.05) is 50.6 Å². The number of nitrogens with zero attached hydrogens (tertiary/aromatic N) is 2. The Morgan fingerprint density at radius 2 is 1.64 bits per heavy atom. The summed E-state index contributed by atoms with van der Waals surface area (Å²) in [6, 6.07) is 20.0. The van der Waals surface area contributed by atoms with Gasteiger partial charge in [0.25, 0.3) is 11.7 Å². The van der Waals surface area contributed by atoms with E-state index in [1.54, 1.807) is 19.2 Å². The number of ketones is 1. The van der Waals surface area contributed by atoms with Gasteiger partial charge in [-0.25, -0.2) is 0 Å². The highest BCUT2D eigenvalue weighted by molar-refractivity contribution is 6.51. The third-order valence-corrected chi connectivity index (χ3v) is 7.34. The van der Waals surface area contributed by atoms with Crippen LogP contribution in [0.3, 0.4) is 0 Å². The molecular weight excluding hydrogens is 488 g/mol. The molecule has 1 amide bonds. The molecule has 1 aliphatic heterocycles. The van der Waals surface area contributed by atoms with Crippen LogP contribution in [-0.4, -0.2) is 37.0 Å². The van der Waals surface area contributed by atoms with E-state index < -0.39 is 17.7 Å². The van der Waals surface area contributed by atoms with Gasteiger partial charge in [-0.05, 0) is 74.2 Å². The molecule has 39 heavy (non-hydrogen) atoms. The van der Waals surface area contributed by atoms with Crippen LogP contribution in [0.1, 0.15) is 62.9 Å². The lowest BCUT2D eigenvalue weighted by Crippen LogP contribution is -2.29. The minimum absolute atomic E-state index is 0.0726. The van der Waals surface area contributed by atoms with Gasteiger partial charge in [0.05, 0.1) is 18.7 Å². The zero-order valence-electron chi connectivity index (χ0n) is 23.9. The van der Waals surface area contributed by atoms with E-state index in [0.29, 0.717) is 17.0 Å². The number of rotatable bonds is 7. The lowest BCUT2D eigenvalue weighted by Gasteiger charge is -2.27. The monoisotopic (exact) mass is 526 g/mol. The summed E-state index contributed by atoms with van der Waals surface area (Å²) in [5.41, 5.74) is 4.56. The van der Waals surface area contributed by atoms with Crippen LogP contribution in [0.25, 0.3) is 5.76 Å². The van der Waals surface area contributed by atoms with Crippen LogP contribution in [0, 0.1) is 6.92 Å². The van der Waals surface area contributed by atoms with Crippen molar-refractivity contribution in [2.45, 2.75) is 53.0 Å². The molecule has 0 spiro atoms. The maximum absolute atomic E-state index is 13.6. The first-order chi connectivity index (χ1) is 18.5. The molecular formula is C33H38N2O4. The molecule has 1 heterocycles. The number of benzene rings is 3. The van der Waals surface area contributed by atoms with E-state index in [2.05, 4.69) is 39.5 Å². The molecule has 1 N–H and O–H groups in total. The minimum atomic E-state index is -0.774. The van der Waals surface area contributed by atoms with Gasteiger partial charge in [0.15, 0.2) is 0 Å². The Balaban J connectivity index is 1.91. The molecule has 204 valence electrons. The Morgan fingerprint density at radius 1 is 0.974 bits per heavy atom. The average molecular weight is 527 g/mol. The van der Waals surface area contributed by atoms with Crippen molar-refractivity contribution in [3.8, 4) is 5.75 Å². The van der Waals surface area contributed by atoms with Crippen LogP contribution in [0.2, 0.25) is 0 Å². The lowest BCUT2D eigenvalue weighted by molar-refractivity contribution is -0.132. The number of methoxy groups -OCH3 is 1.